The molecular formula is C32H29N3O5S. The van der Waals surface area contributed by atoms with Crippen molar-refractivity contribution in [1.29, 1.82) is 5.26 Å². The van der Waals surface area contributed by atoms with E-state index in [-0.39, 0.29) is 18.8 Å². The zero-order chi connectivity index (χ0) is 28.9. The van der Waals surface area contributed by atoms with Gasteiger partial charge in [-0.2, -0.15) is 5.26 Å². The maximum absolute atomic E-state index is 14.1. The molecule has 4 aromatic rings. The molecule has 41 heavy (non-hydrogen) atoms. The van der Waals surface area contributed by atoms with E-state index in [1.807, 2.05) is 61.5 Å². The van der Waals surface area contributed by atoms with Gasteiger partial charge in [0.25, 0.3) is 5.56 Å². The Morgan fingerprint density at radius 3 is 2.61 bits per heavy atom. The molecule has 0 amide bonds. The van der Waals surface area contributed by atoms with Gasteiger partial charge in [-0.05, 0) is 54.0 Å². The highest BCUT2D eigenvalue weighted by molar-refractivity contribution is 7.07. The molecule has 5 rings (SSSR count). The number of nitrogens with zero attached hydrogens (tertiary/aromatic N) is 3. The number of hydrogen-bond acceptors (Lipinski definition) is 8. The van der Waals surface area contributed by atoms with Gasteiger partial charge in [-0.1, -0.05) is 67.1 Å². The second kappa shape index (κ2) is 12.2. The Morgan fingerprint density at radius 1 is 1.12 bits per heavy atom. The van der Waals surface area contributed by atoms with E-state index in [9.17, 15) is 9.59 Å². The number of carbonyl (C=O) groups is 1. The zero-order valence-electron chi connectivity index (χ0n) is 23.0. The third-order valence-corrected chi connectivity index (χ3v) is 7.78. The summed E-state index contributed by atoms with van der Waals surface area (Å²) in [6.07, 6.45) is 3.10. The van der Waals surface area contributed by atoms with Gasteiger partial charge in [-0.25, -0.2) is 9.79 Å². The molecule has 9 heteroatoms. The average Bonchev–Trinajstić information content (AvgIpc) is 3.29. The Hall–Kier alpha value is -4.68. The van der Waals surface area contributed by atoms with Crippen molar-refractivity contribution >= 4 is 34.2 Å². The molecule has 208 valence electrons. The highest BCUT2D eigenvalue weighted by Gasteiger charge is 2.37. The lowest BCUT2D eigenvalue weighted by molar-refractivity contribution is -0.139. The lowest BCUT2D eigenvalue weighted by Gasteiger charge is -2.28. The van der Waals surface area contributed by atoms with E-state index in [0.717, 1.165) is 22.8 Å². The maximum atomic E-state index is 14.1. The van der Waals surface area contributed by atoms with Crippen molar-refractivity contribution in [3.05, 3.63) is 103 Å². The van der Waals surface area contributed by atoms with Crippen LogP contribution in [0.3, 0.4) is 0 Å². The van der Waals surface area contributed by atoms with Crippen LogP contribution < -0.4 is 24.4 Å². The lowest BCUT2D eigenvalue weighted by Crippen LogP contribution is -2.40. The number of hydrogen-bond donors (Lipinski definition) is 0. The molecule has 0 N–H and O–H groups in total. The Kier molecular flexibility index (Phi) is 8.31. The first kappa shape index (κ1) is 27.9. The van der Waals surface area contributed by atoms with E-state index < -0.39 is 12.0 Å². The minimum absolute atomic E-state index is 0.0432. The number of esters is 1. The van der Waals surface area contributed by atoms with E-state index in [1.165, 1.54) is 11.3 Å². The predicted octanol–water partition coefficient (Wildman–Crippen LogP) is 4.64. The van der Waals surface area contributed by atoms with E-state index in [0.29, 0.717) is 44.1 Å². The van der Waals surface area contributed by atoms with Gasteiger partial charge in [-0.3, -0.25) is 9.36 Å². The number of aromatic nitrogens is 1. The number of fused-ring (bicyclic) bond motifs is 2. The molecule has 0 spiro atoms. The highest BCUT2D eigenvalue weighted by Crippen LogP contribution is 2.41. The van der Waals surface area contributed by atoms with Crippen molar-refractivity contribution in [1.82, 2.24) is 4.57 Å². The van der Waals surface area contributed by atoms with Gasteiger partial charge in [-0.15, -0.1) is 0 Å². The van der Waals surface area contributed by atoms with Crippen molar-refractivity contribution in [2.75, 3.05) is 20.3 Å². The van der Waals surface area contributed by atoms with Crippen molar-refractivity contribution in [3.63, 3.8) is 0 Å². The summed E-state index contributed by atoms with van der Waals surface area (Å²) in [5.74, 6) is 0.634. The van der Waals surface area contributed by atoms with Crippen molar-refractivity contribution in [2.24, 2.45) is 4.99 Å². The summed E-state index contributed by atoms with van der Waals surface area (Å²) in [5.41, 5.74) is 2.19. The molecule has 1 aliphatic heterocycles. The van der Waals surface area contributed by atoms with Crippen molar-refractivity contribution < 1.29 is 19.0 Å². The fourth-order valence-corrected chi connectivity index (χ4v) is 6.08. The van der Waals surface area contributed by atoms with E-state index >= 15 is 0 Å². The predicted molar refractivity (Wildman–Crippen MR) is 158 cm³/mol. The van der Waals surface area contributed by atoms with E-state index in [2.05, 4.69) is 0 Å². The quantitative estimate of drug-likeness (QED) is 0.273. The molecule has 0 radical (unpaired) electrons. The number of rotatable bonds is 9. The smallest absolute Gasteiger partial charge is 0.338 e. The van der Waals surface area contributed by atoms with Crippen LogP contribution in [0.2, 0.25) is 0 Å². The molecule has 0 unspecified atom stereocenters. The number of benzene rings is 3. The molecule has 0 bridgehead atoms. The lowest BCUT2D eigenvalue weighted by atomic mass is 9.90. The molecule has 1 atom stereocenters. The third kappa shape index (κ3) is 5.39. The first-order chi connectivity index (χ1) is 20.0. The Labute approximate surface area is 241 Å². The second-order valence-corrected chi connectivity index (χ2v) is 10.3. The topological polar surface area (TPSA) is 103 Å². The number of nitriles is 1. The zero-order valence-corrected chi connectivity index (χ0v) is 23.9. The summed E-state index contributed by atoms with van der Waals surface area (Å²) in [6, 6.07) is 20.0. The van der Waals surface area contributed by atoms with Gasteiger partial charge < -0.3 is 14.2 Å². The van der Waals surface area contributed by atoms with E-state index in [1.54, 1.807) is 36.8 Å². The average molecular weight is 568 g/mol. The Bertz CT molecular complexity index is 1860. The summed E-state index contributed by atoms with van der Waals surface area (Å²) >= 11 is 1.28. The van der Waals surface area contributed by atoms with Crippen LogP contribution in [0.1, 0.15) is 43.9 Å². The molecule has 8 nitrogen and oxygen atoms in total. The van der Waals surface area contributed by atoms with Crippen LogP contribution in [0.25, 0.3) is 16.8 Å². The SMILES string of the molecule is CCCC1=C(C(=O)OCC)[C@H](c2c(OC)ccc3ccccc23)n2c(s/c(=C\c3ccc(OCC#N)cc3)c2=O)=N1. The summed E-state index contributed by atoms with van der Waals surface area (Å²) in [7, 11) is 1.59. The molecule has 2 heterocycles. The summed E-state index contributed by atoms with van der Waals surface area (Å²) in [6.45, 7) is 3.94. The number of ether oxygens (including phenoxy) is 3. The number of carbonyl (C=O) groups excluding carboxylic acids is 1. The molecule has 0 aliphatic carbocycles. The first-order valence-corrected chi connectivity index (χ1v) is 14.2. The molecular weight excluding hydrogens is 538 g/mol. The molecule has 0 saturated carbocycles. The number of methoxy groups -OCH3 is 1. The summed E-state index contributed by atoms with van der Waals surface area (Å²) in [4.78, 5) is 33.1. The molecule has 0 fully saturated rings. The van der Waals surface area contributed by atoms with Crippen molar-refractivity contribution in [2.45, 2.75) is 32.7 Å². The van der Waals surface area contributed by atoms with E-state index in [4.69, 9.17) is 24.5 Å². The molecule has 3 aromatic carbocycles. The summed E-state index contributed by atoms with van der Waals surface area (Å²) < 4.78 is 18.8. The van der Waals surface area contributed by atoms with Gasteiger partial charge in [0.05, 0.1) is 29.5 Å². The minimum Gasteiger partial charge on any atom is -0.496 e. The first-order valence-electron chi connectivity index (χ1n) is 13.4. The molecule has 0 saturated heterocycles. The van der Waals surface area contributed by atoms with Crippen LogP contribution >= 0.6 is 11.3 Å². The van der Waals surface area contributed by atoms with Crippen LogP contribution in [0, 0.1) is 11.3 Å². The number of thiazole rings is 1. The second-order valence-electron chi connectivity index (χ2n) is 9.33. The standard InChI is InChI=1S/C32H29N3O5S/c1-4-8-24-28(31(37)39-5-2)29(27-23-10-7-6-9-21(23)13-16-25(27)38-3)35-30(36)26(41-32(35)34-24)19-20-11-14-22(15-12-20)40-18-17-33/h6-7,9-16,19,29H,4-5,8,18H2,1-3H3/b26-19-/t29-/m0/s1. The monoisotopic (exact) mass is 567 g/mol. The van der Waals surface area contributed by atoms with Gasteiger partial charge in [0, 0.05) is 5.56 Å². The molecule has 1 aliphatic rings. The fourth-order valence-electron chi connectivity index (χ4n) is 5.06. The van der Waals surface area contributed by atoms with Crippen LogP contribution in [0.15, 0.2) is 81.7 Å². The van der Waals surface area contributed by atoms with Gasteiger partial charge in [0.2, 0.25) is 0 Å². The maximum Gasteiger partial charge on any atom is 0.338 e. The van der Waals surface area contributed by atoms with Gasteiger partial charge in [0.15, 0.2) is 11.4 Å². The van der Waals surface area contributed by atoms with Crippen LogP contribution in [-0.2, 0) is 9.53 Å². The summed E-state index contributed by atoms with van der Waals surface area (Å²) in [5, 5.41) is 10.6. The minimum atomic E-state index is -0.795. The Morgan fingerprint density at radius 2 is 1.90 bits per heavy atom. The third-order valence-electron chi connectivity index (χ3n) is 6.80. The largest absolute Gasteiger partial charge is 0.496 e. The number of allylic oxidation sites excluding steroid dienone is 1. The highest BCUT2D eigenvalue weighted by atomic mass is 32.1. The van der Waals surface area contributed by atoms with Crippen LogP contribution in [-0.4, -0.2) is 30.9 Å². The Balaban J connectivity index is 1.79. The fraction of sp³-hybridized carbons (Fsp3) is 0.250. The van der Waals surface area contributed by atoms with Gasteiger partial charge >= 0.3 is 5.97 Å². The van der Waals surface area contributed by atoms with Crippen LogP contribution in [0.4, 0.5) is 0 Å². The van der Waals surface area contributed by atoms with Crippen LogP contribution in [0.5, 0.6) is 11.5 Å². The molecule has 1 aromatic heterocycles. The van der Waals surface area contributed by atoms with Crippen molar-refractivity contribution in [3.8, 4) is 17.6 Å². The van der Waals surface area contributed by atoms with Gasteiger partial charge in [0.1, 0.15) is 23.6 Å². The normalized spacial score (nSPS) is 14.8.